The van der Waals surface area contributed by atoms with Gasteiger partial charge in [-0.15, -0.1) is 0 Å². The number of hydrogen-bond acceptors (Lipinski definition) is 5. The van der Waals surface area contributed by atoms with Crippen LogP contribution in [0.1, 0.15) is 10.4 Å². The third-order valence-electron chi connectivity index (χ3n) is 5.18. The van der Waals surface area contributed by atoms with Gasteiger partial charge in [-0.1, -0.05) is 17.7 Å². The van der Waals surface area contributed by atoms with Gasteiger partial charge in [0.1, 0.15) is 0 Å². The van der Waals surface area contributed by atoms with Gasteiger partial charge in [-0.05, 0) is 36.4 Å². The lowest BCUT2D eigenvalue weighted by atomic mass is 10.1. The number of ether oxygens (including phenoxy) is 2. The first-order valence-corrected chi connectivity index (χ1v) is 9.80. The number of nitrogens with zero attached hydrogens (tertiary/aromatic N) is 4. The molecule has 1 aromatic heterocycles. The van der Waals surface area contributed by atoms with Crippen molar-refractivity contribution in [1.29, 1.82) is 0 Å². The van der Waals surface area contributed by atoms with Crippen LogP contribution < -0.4 is 14.4 Å². The zero-order valence-corrected chi connectivity index (χ0v) is 16.4. The molecule has 0 unspecified atom stereocenters. The molecule has 2 aromatic carbocycles. The van der Waals surface area contributed by atoms with Crippen LogP contribution in [-0.2, 0) is 0 Å². The van der Waals surface area contributed by atoms with Gasteiger partial charge < -0.3 is 19.3 Å². The number of benzene rings is 2. The molecule has 1 saturated heterocycles. The van der Waals surface area contributed by atoms with E-state index in [9.17, 15) is 4.79 Å². The molecule has 0 atom stereocenters. The maximum Gasteiger partial charge on any atom is 0.254 e. The molecule has 3 heterocycles. The molecule has 148 valence electrons. The van der Waals surface area contributed by atoms with Crippen molar-refractivity contribution in [3.8, 4) is 17.2 Å². The minimum atomic E-state index is 0.00105. The Morgan fingerprint density at radius 2 is 1.83 bits per heavy atom. The highest BCUT2D eigenvalue weighted by Crippen LogP contribution is 2.33. The summed E-state index contributed by atoms with van der Waals surface area (Å²) >= 11 is 6.14. The fourth-order valence-corrected chi connectivity index (χ4v) is 3.86. The van der Waals surface area contributed by atoms with Crippen molar-refractivity contribution < 1.29 is 14.3 Å². The predicted octanol–water partition coefficient (Wildman–Crippen LogP) is 3.22. The molecular formula is C21H19ClN4O3. The molecule has 0 radical (unpaired) electrons. The van der Waals surface area contributed by atoms with Crippen LogP contribution in [0.25, 0.3) is 5.69 Å². The fraction of sp³-hybridized carbons (Fsp3) is 0.238. The summed E-state index contributed by atoms with van der Waals surface area (Å²) < 4.78 is 12.7. The van der Waals surface area contributed by atoms with Crippen LogP contribution in [0.4, 0.5) is 5.95 Å². The van der Waals surface area contributed by atoms with E-state index in [1.54, 1.807) is 24.4 Å². The van der Waals surface area contributed by atoms with Crippen LogP contribution >= 0.6 is 11.6 Å². The van der Waals surface area contributed by atoms with Crippen LogP contribution in [0.15, 0.2) is 54.9 Å². The van der Waals surface area contributed by atoms with Crippen LogP contribution in [0.3, 0.4) is 0 Å². The second kappa shape index (κ2) is 7.33. The highest BCUT2D eigenvalue weighted by Gasteiger charge is 2.26. The molecule has 0 saturated carbocycles. The Hall–Kier alpha value is -3.19. The van der Waals surface area contributed by atoms with E-state index in [4.69, 9.17) is 21.1 Å². The largest absolute Gasteiger partial charge is 0.454 e. The second-order valence-electron chi connectivity index (χ2n) is 6.92. The first-order chi connectivity index (χ1) is 14.2. The van der Waals surface area contributed by atoms with Gasteiger partial charge in [-0.3, -0.25) is 9.36 Å². The van der Waals surface area contributed by atoms with Gasteiger partial charge >= 0.3 is 0 Å². The summed E-state index contributed by atoms with van der Waals surface area (Å²) in [6, 6.07) is 13.0. The molecule has 0 bridgehead atoms. The molecule has 8 heteroatoms. The summed E-state index contributed by atoms with van der Waals surface area (Å²) in [4.78, 5) is 21.5. The molecular weight excluding hydrogens is 392 g/mol. The zero-order valence-electron chi connectivity index (χ0n) is 15.6. The number of halogens is 1. The normalized spacial score (nSPS) is 15.6. The Morgan fingerprint density at radius 3 is 2.66 bits per heavy atom. The van der Waals surface area contributed by atoms with Gasteiger partial charge in [0.15, 0.2) is 11.5 Å². The monoisotopic (exact) mass is 410 g/mol. The average Bonchev–Trinajstić information content (AvgIpc) is 3.42. The van der Waals surface area contributed by atoms with Crippen molar-refractivity contribution >= 4 is 23.5 Å². The van der Waals surface area contributed by atoms with E-state index in [1.165, 1.54) is 0 Å². The number of carbonyl (C=O) groups is 1. The molecule has 2 aliphatic rings. The van der Waals surface area contributed by atoms with Gasteiger partial charge in [-0.2, -0.15) is 0 Å². The van der Waals surface area contributed by atoms with Crippen LogP contribution in [0.2, 0.25) is 5.02 Å². The summed E-state index contributed by atoms with van der Waals surface area (Å²) in [5, 5.41) is 0.682. The first kappa shape index (κ1) is 17.9. The minimum absolute atomic E-state index is 0.00105. The van der Waals surface area contributed by atoms with E-state index in [0.717, 1.165) is 11.6 Å². The number of fused-ring (bicyclic) bond motifs is 1. The van der Waals surface area contributed by atoms with Crippen LogP contribution in [-0.4, -0.2) is 53.3 Å². The number of carbonyl (C=O) groups excluding carboxylic acids is 1. The van der Waals surface area contributed by atoms with Crippen molar-refractivity contribution in [2.45, 2.75) is 0 Å². The van der Waals surface area contributed by atoms with Gasteiger partial charge in [0.2, 0.25) is 12.7 Å². The number of piperazine rings is 1. The summed E-state index contributed by atoms with van der Waals surface area (Å²) in [6.07, 6.45) is 3.70. The molecule has 1 fully saturated rings. The molecule has 29 heavy (non-hydrogen) atoms. The van der Waals surface area contributed by atoms with E-state index in [0.29, 0.717) is 48.3 Å². The summed E-state index contributed by atoms with van der Waals surface area (Å²) in [6.45, 7) is 2.85. The van der Waals surface area contributed by atoms with E-state index in [1.807, 2.05) is 39.9 Å². The molecule has 0 aliphatic carbocycles. The quantitative estimate of drug-likeness (QED) is 0.663. The first-order valence-electron chi connectivity index (χ1n) is 9.42. The Kier molecular flexibility index (Phi) is 4.52. The summed E-state index contributed by atoms with van der Waals surface area (Å²) in [5.41, 5.74) is 1.58. The second-order valence-corrected chi connectivity index (χ2v) is 7.36. The third kappa shape index (κ3) is 3.38. The minimum Gasteiger partial charge on any atom is -0.454 e. The Morgan fingerprint density at radius 1 is 1.00 bits per heavy atom. The molecule has 0 spiro atoms. The highest BCUT2D eigenvalue weighted by atomic mass is 35.5. The molecule has 5 rings (SSSR count). The third-order valence-corrected chi connectivity index (χ3v) is 5.41. The molecule has 7 nitrogen and oxygen atoms in total. The lowest BCUT2D eigenvalue weighted by Crippen LogP contribution is -2.49. The lowest BCUT2D eigenvalue weighted by molar-refractivity contribution is 0.0745. The number of anilines is 1. The van der Waals surface area contributed by atoms with E-state index in [2.05, 4.69) is 9.88 Å². The highest BCUT2D eigenvalue weighted by molar-refractivity contribution is 6.30. The van der Waals surface area contributed by atoms with Gasteiger partial charge in [-0.25, -0.2) is 4.98 Å². The zero-order chi connectivity index (χ0) is 19.8. The number of rotatable bonds is 3. The Balaban J connectivity index is 1.29. The smallest absolute Gasteiger partial charge is 0.254 e. The Labute approximate surface area is 173 Å². The number of amides is 1. The van der Waals surface area contributed by atoms with Crippen molar-refractivity contribution in [2.24, 2.45) is 0 Å². The van der Waals surface area contributed by atoms with Gasteiger partial charge in [0.25, 0.3) is 5.91 Å². The van der Waals surface area contributed by atoms with E-state index >= 15 is 0 Å². The molecule has 3 aromatic rings. The van der Waals surface area contributed by atoms with E-state index in [-0.39, 0.29) is 12.7 Å². The standard InChI is InChI=1S/C21H19ClN4O3/c22-16-2-1-3-17(13-16)26-7-6-23-21(26)25-10-8-24(9-11-25)20(27)15-4-5-18-19(12-15)29-14-28-18/h1-7,12-13H,8-11,14H2. The SMILES string of the molecule is O=C(c1ccc2c(c1)OCO2)N1CCN(c2nccn2-c2cccc(Cl)c2)CC1. The summed E-state index contributed by atoms with van der Waals surface area (Å²) in [7, 11) is 0. The lowest BCUT2D eigenvalue weighted by Gasteiger charge is -2.35. The summed E-state index contributed by atoms with van der Waals surface area (Å²) in [5.74, 6) is 2.15. The topological polar surface area (TPSA) is 59.8 Å². The van der Waals surface area contributed by atoms with Crippen molar-refractivity contribution in [2.75, 3.05) is 37.9 Å². The number of hydrogen-bond donors (Lipinski definition) is 0. The van der Waals surface area contributed by atoms with Crippen LogP contribution in [0.5, 0.6) is 11.5 Å². The number of aromatic nitrogens is 2. The fourth-order valence-electron chi connectivity index (χ4n) is 3.68. The van der Waals surface area contributed by atoms with Gasteiger partial charge in [0, 0.05) is 54.8 Å². The maximum absolute atomic E-state index is 12.9. The maximum atomic E-state index is 12.9. The van der Waals surface area contributed by atoms with Crippen molar-refractivity contribution in [1.82, 2.24) is 14.5 Å². The van der Waals surface area contributed by atoms with Crippen molar-refractivity contribution in [3.05, 3.63) is 65.4 Å². The number of imidazole rings is 1. The van der Waals surface area contributed by atoms with Gasteiger partial charge in [0.05, 0.1) is 0 Å². The van der Waals surface area contributed by atoms with E-state index < -0.39 is 0 Å². The van der Waals surface area contributed by atoms with Crippen LogP contribution in [0, 0.1) is 0 Å². The molecule has 2 aliphatic heterocycles. The van der Waals surface area contributed by atoms with Crippen molar-refractivity contribution in [3.63, 3.8) is 0 Å². The molecule has 0 N–H and O–H groups in total. The predicted molar refractivity (Wildman–Crippen MR) is 109 cm³/mol. The average molecular weight is 411 g/mol. The Bertz CT molecular complexity index is 1060. The molecule has 1 amide bonds.